The van der Waals surface area contributed by atoms with Crippen molar-refractivity contribution in [1.29, 1.82) is 0 Å². The molecule has 0 bridgehead atoms. The van der Waals surface area contributed by atoms with Crippen molar-refractivity contribution in [2.45, 2.75) is 17.7 Å². The molecule has 1 aromatic carbocycles. The number of nitrogens with zero attached hydrogens (tertiary/aromatic N) is 3. The van der Waals surface area contributed by atoms with Crippen LogP contribution in [0.4, 0.5) is 14.9 Å². The highest BCUT2D eigenvalue weighted by Gasteiger charge is 2.31. The van der Waals surface area contributed by atoms with Crippen molar-refractivity contribution in [3.8, 4) is 0 Å². The first-order chi connectivity index (χ1) is 14.2. The number of anilines is 1. The van der Waals surface area contributed by atoms with Gasteiger partial charge in [-0.25, -0.2) is 17.6 Å². The summed E-state index contributed by atoms with van der Waals surface area (Å²) in [6.45, 7) is 1.76. The van der Waals surface area contributed by atoms with Gasteiger partial charge in [0.15, 0.2) is 0 Å². The molecule has 0 aliphatic carbocycles. The second-order valence-corrected chi connectivity index (χ2v) is 9.50. The number of morpholine rings is 1. The number of likely N-dealkylation sites (tertiary alicyclic amines) is 1. The molecule has 2 aliphatic rings. The van der Waals surface area contributed by atoms with Crippen LogP contribution in [0.25, 0.3) is 0 Å². The molecule has 2 aliphatic heterocycles. The summed E-state index contributed by atoms with van der Waals surface area (Å²) >= 11 is 0. The third kappa shape index (κ3) is 4.90. The Balaban J connectivity index is 1.67. The standard InChI is InChI=1S/C19H27FN4O5S/c1-22(2)19(26)23-7-5-14(6-8-23)18(25)21-15-3-4-16(20)17(13-15)30(27,28)24-9-11-29-12-10-24/h3-4,13-14H,5-12H2,1-2H3,(H,21,25). The van der Waals surface area contributed by atoms with E-state index in [4.69, 9.17) is 4.74 Å². The van der Waals surface area contributed by atoms with E-state index in [0.717, 1.165) is 12.1 Å². The van der Waals surface area contributed by atoms with Crippen molar-refractivity contribution in [3.63, 3.8) is 0 Å². The van der Waals surface area contributed by atoms with Crippen LogP contribution in [0.5, 0.6) is 0 Å². The zero-order valence-electron chi connectivity index (χ0n) is 17.1. The lowest BCUT2D eigenvalue weighted by atomic mass is 9.96. The van der Waals surface area contributed by atoms with E-state index in [1.54, 1.807) is 19.0 Å². The Morgan fingerprint density at radius 1 is 1.13 bits per heavy atom. The van der Waals surface area contributed by atoms with E-state index in [2.05, 4.69) is 5.32 Å². The van der Waals surface area contributed by atoms with Crippen molar-refractivity contribution in [3.05, 3.63) is 24.0 Å². The SMILES string of the molecule is CN(C)C(=O)N1CCC(C(=O)Nc2ccc(F)c(S(=O)(=O)N3CCOCC3)c2)CC1. The molecule has 3 rings (SSSR count). The van der Waals surface area contributed by atoms with Crippen LogP contribution >= 0.6 is 0 Å². The van der Waals surface area contributed by atoms with Crippen molar-refractivity contribution in [2.75, 3.05) is 58.8 Å². The minimum Gasteiger partial charge on any atom is -0.379 e. The number of carbonyl (C=O) groups is 2. The number of rotatable bonds is 4. The zero-order chi connectivity index (χ0) is 21.9. The van der Waals surface area contributed by atoms with Gasteiger partial charge in [-0.3, -0.25) is 4.79 Å². The normalized spacial score (nSPS) is 18.8. The topological polar surface area (TPSA) is 99.3 Å². The van der Waals surface area contributed by atoms with Crippen molar-refractivity contribution < 1.29 is 27.1 Å². The van der Waals surface area contributed by atoms with Crippen LogP contribution in [-0.4, -0.2) is 87.9 Å². The maximum absolute atomic E-state index is 14.3. The summed E-state index contributed by atoms with van der Waals surface area (Å²) in [6.07, 6.45) is 1.01. The van der Waals surface area contributed by atoms with E-state index in [-0.39, 0.29) is 49.8 Å². The van der Waals surface area contributed by atoms with E-state index in [1.807, 2.05) is 0 Å². The van der Waals surface area contributed by atoms with Gasteiger partial charge in [-0.2, -0.15) is 4.31 Å². The molecule has 0 atom stereocenters. The number of hydrogen-bond acceptors (Lipinski definition) is 5. The quantitative estimate of drug-likeness (QED) is 0.755. The van der Waals surface area contributed by atoms with Gasteiger partial charge in [0.25, 0.3) is 0 Å². The summed E-state index contributed by atoms with van der Waals surface area (Å²) in [4.78, 5) is 27.4. The Bertz CT molecular complexity index is 894. The molecule has 1 N–H and O–H groups in total. The fraction of sp³-hybridized carbons (Fsp3) is 0.579. The lowest BCUT2D eigenvalue weighted by Gasteiger charge is -2.33. The van der Waals surface area contributed by atoms with E-state index in [1.165, 1.54) is 15.3 Å². The van der Waals surface area contributed by atoms with E-state index < -0.39 is 20.7 Å². The number of amides is 3. The average Bonchev–Trinajstić information content (AvgIpc) is 2.75. The van der Waals surface area contributed by atoms with Gasteiger partial charge in [-0.1, -0.05) is 0 Å². The van der Waals surface area contributed by atoms with Crippen LogP contribution in [0.2, 0.25) is 0 Å². The highest BCUT2D eigenvalue weighted by Crippen LogP contribution is 2.25. The first kappa shape index (κ1) is 22.4. The highest BCUT2D eigenvalue weighted by molar-refractivity contribution is 7.89. The molecule has 1 aromatic rings. The minimum atomic E-state index is -4.02. The summed E-state index contributed by atoms with van der Waals surface area (Å²) in [7, 11) is -0.665. The van der Waals surface area contributed by atoms with E-state index >= 15 is 0 Å². The number of sulfonamides is 1. The molecular weight excluding hydrogens is 415 g/mol. The lowest BCUT2D eigenvalue weighted by molar-refractivity contribution is -0.121. The van der Waals surface area contributed by atoms with Gasteiger partial charge in [-0.05, 0) is 31.0 Å². The summed E-state index contributed by atoms with van der Waals surface area (Å²) < 4.78 is 46.2. The molecule has 30 heavy (non-hydrogen) atoms. The maximum Gasteiger partial charge on any atom is 0.319 e. The molecule has 3 amide bonds. The summed E-state index contributed by atoms with van der Waals surface area (Å²) in [6, 6.07) is 3.45. The Labute approximate surface area is 175 Å². The molecular formula is C19H27FN4O5S. The first-order valence-corrected chi connectivity index (χ1v) is 11.3. The van der Waals surface area contributed by atoms with Crippen LogP contribution in [0, 0.1) is 11.7 Å². The Morgan fingerprint density at radius 2 is 1.77 bits per heavy atom. The smallest absolute Gasteiger partial charge is 0.319 e. The fourth-order valence-electron chi connectivity index (χ4n) is 3.56. The number of piperidine rings is 1. The molecule has 11 heteroatoms. The number of hydrogen-bond donors (Lipinski definition) is 1. The minimum absolute atomic E-state index is 0.0923. The van der Waals surface area contributed by atoms with Crippen molar-refractivity contribution >= 4 is 27.6 Å². The third-order valence-corrected chi connectivity index (χ3v) is 7.22. The molecule has 166 valence electrons. The Kier molecular flexibility index (Phi) is 6.94. The van der Waals surface area contributed by atoms with Gasteiger partial charge in [0.2, 0.25) is 15.9 Å². The maximum atomic E-state index is 14.3. The summed E-state index contributed by atoms with van der Waals surface area (Å²) in [5.74, 6) is -1.44. The van der Waals surface area contributed by atoms with Crippen LogP contribution in [-0.2, 0) is 19.6 Å². The summed E-state index contributed by atoms with van der Waals surface area (Å²) in [5.41, 5.74) is 0.222. The summed E-state index contributed by atoms with van der Waals surface area (Å²) in [5, 5.41) is 2.69. The monoisotopic (exact) mass is 442 g/mol. The molecule has 0 aromatic heterocycles. The Hall–Kier alpha value is -2.24. The van der Waals surface area contributed by atoms with Gasteiger partial charge in [0.1, 0.15) is 10.7 Å². The Morgan fingerprint density at radius 3 is 2.37 bits per heavy atom. The second kappa shape index (κ2) is 9.27. The average molecular weight is 443 g/mol. The third-order valence-electron chi connectivity index (χ3n) is 5.31. The first-order valence-electron chi connectivity index (χ1n) is 9.84. The fourth-order valence-corrected chi connectivity index (χ4v) is 5.06. The van der Waals surface area contributed by atoms with Crippen LogP contribution in [0.1, 0.15) is 12.8 Å². The number of nitrogens with one attached hydrogen (secondary N) is 1. The molecule has 0 unspecified atom stereocenters. The van der Waals surface area contributed by atoms with Crippen LogP contribution < -0.4 is 5.32 Å². The number of ether oxygens (including phenoxy) is 1. The van der Waals surface area contributed by atoms with E-state index in [9.17, 15) is 22.4 Å². The predicted octanol–water partition coefficient (Wildman–Crippen LogP) is 1.18. The number of benzene rings is 1. The second-order valence-electron chi connectivity index (χ2n) is 7.59. The molecule has 9 nitrogen and oxygen atoms in total. The number of urea groups is 1. The van der Waals surface area contributed by atoms with Gasteiger partial charge in [-0.15, -0.1) is 0 Å². The molecule has 2 fully saturated rings. The van der Waals surface area contributed by atoms with E-state index in [0.29, 0.717) is 25.9 Å². The lowest BCUT2D eigenvalue weighted by Crippen LogP contribution is -2.45. The number of carbonyl (C=O) groups excluding carboxylic acids is 2. The molecule has 2 heterocycles. The van der Waals surface area contributed by atoms with Gasteiger partial charge >= 0.3 is 6.03 Å². The van der Waals surface area contributed by atoms with Crippen molar-refractivity contribution in [1.82, 2.24) is 14.1 Å². The van der Waals surface area contributed by atoms with Crippen molar-refractivity contribution in [2.24, 2.45) is 5.92 Å². The highest BCUT2D eigenvalue weighted by atomic mass is 32.2. The zero-order valence-corrected chi connectivity index (χ0v) is 18.0. The predicted molar refractivity (Wildman–Crippen MR) is 108 cm³/mol. The molecule has 2 saturated heterocycles. The van der Waals surface area contributed by atoms with Gasteiger partial charge < -0.3 is 19.9 Å². The van der Waals surface area contributed by atoms with Crippen LogP contribution in [0.3, 0.4) is 0 Å². The van der Waals surface area contributed by atoms with Gasteiger partial charge in [0, 0.05) is 51.9 Å². The molecule has 0 spiro atoms. The molecule has 0 radical (unpaired) electrons. The largest absolute Gasteiger partial charge is 0.379 e. The molecule has 0 saturated carbocycles. The van der Waals surface area contributed by atoms with Gasteiger partial charge in [0.05, 0.1) is 13.2 Å². The van der Waals surface area contributed by atoms with Crippen LogP contribution in [0.15, 0.2) is 23.1 Å². The number of halogens is 1.